The van der Waals surface area contributed by atoms with Crippen molar-refractivity contribution >= 4 is 0 Å². The minimum atomic E-state index is 0.0289. The van der Waals surface area contributed by atoms with Crippen LogP contribution in [-0.2, 0) is 17.7 Å². The zero-order valence-corrected chi connectivity index (χ0v) is 11.7. The largest absolute Gasteiger partial charge is 0.444 e. The van der Waals surface area contributed by atoms with Gasteiger partial charge in [0.15, 0.2) is 0 Å². The predicted molar refractivity (Wildman–Crippen MR) is 70.4 cm³/mol. The van der Waals surface area contributed by atoms with E-state index >= 15 is 0 Å². The van der Waals surface area contributed by atoms with E-state index in [9.17, 15) is 0 Å². The molecule has 0 saturated carbocycles. The highest BCUT2D eigenvalue weighted by atomic mass is 16.5. The third kappa shape index (κ3) is 3.33. The zero-order valence-electron chi connectivity index (χ0n) is 11.7. The van der Waals surface area contributed by atoms with E-state index in [-0.39, 0.29) is 5.60 Å². The topological polar surface area (TPSA) is 47.3 Å². The Labute approximate surface area is 109 Å². The van der Waals surface area contributed by atoms with Gasteiger partial charge in [0, 0.05) is 19.1 Å². The van der Waals surface area contributed by atoms with E-state index in [1.807, 2.05) is 6.20 Å². The van der Waals surface area contributed by atoms with Crippen molar-refractivity contribution in [3.05, 3.63) is 17.8 Å². The van der Waals surface area contributed by atoms with E-state index in [2.05, 4.69) is 31.1 Å². The molecule has 0 aromatic carbocycles. The first-order chi connectivity index (χ1) is 8.65. The summed E-state index contributed by atoms with van der Waals surface area (Å²) in [5.74, 6) is 1.74. The van der Waals surface area contributed by atoms with Gasteiger partial charge in [-0.1, -0.05) is 13.8 Å². The maximum atomic E-state index is 5.84. The number of nitrogens with zero attached hydrogens (tertiary/aromatic N) is 1. The van der Waals surface area contributed by atoms with E-state index in [1.54, 1.807) is 0 Å². The second-order valence-corrected chi connectivity index (χ2v) is 5.30. The number of rotatable bonds is 5. The fourth-order valence-electron chi connectivity index (χ4n) is 2.38. The lowest BCUT2D eigenvalue weighted by molar-refractivity contribution is -0.0783. The van der Waals surface area contributed by atoms with Crippen LogP contribution in [0.15, 0.2) is 10.6 Å². The Morgan fingerprint density at radius 2 is 2.33 bits per heavy atom. The first-order valence-corrected chi connectivity index (χ1v) is 6.96. The van der Waals surface area contributed by atoms with Crippen LogP contribution in [0.25, 0.3) is 0 Å². The molecular weight excluding hydrogens is 228 g/mol. The maximum Gasteiger partial charge on any atom is 0.208 e. The molecule has 2 unspecified atom stereocenters. The summed E-state index contributed by atoms with van der Waals surface area (Å²) < 4.78 is 11.4. The number of aromatic nitrogens is 1. The van der Waals surface area contributed by atoms with Crippen molar-refractivity contribution in [3.63, 3.8) is 0 Å². The molecule has 102 valence electrons. The molecule has 1 aliphatic heterocycles. The second kappa shape index (κ2) is 5.85. The van der Waals surface area contributed by atoms with Crippen molar-refractivity contribution < 1.29 is 9.15 Å². The first kappa shape index (κ1) is 13.6. The molecular formula is C14H24N2O2. The Morgan fingerprint density at radius 1 is 1.50 bits per heavy atom. The van der Waals surface area contributed by atoms with Crippen LogP contribution >= 0.6 is 0 Å². The van der Waals surface area contributed by atoms with Gasteiger partial charge in [-0.2, -0.15) is 0 Å². The number of hydrogen-bond acceptors (Lipinski definition) is 4. The van der Waals surface area contributed by atoms with Crippen LogP contribution in [0.3, 0.4) is 0 Å². The molecule has 1 fully saturated rings. The van der Waals surface area contributed by atoms with Crippen LogP contribution in [0.2, 0.25) is 0 Å². The van der Waals surface area contributed by atoms with Crippen molar-refractivity contribution in [2.75, 3.05) is 6.61 Å². The second-order valence-electron chi connectivity index (χ2n) is 5.30. The van der Waals surface area contributed by atoms with Crippen molar-refractivity contribution in [1.82, 2.24) is 10.3 Å². The Hall–Kier alpha value is -0.870. The lowest BCUT2D eigenvalue weighted by atomic mass is 9.90. The summed E-state index contributed by atoms with van der Waals surface area (Å²) in [6.07, 6.45) is 5.90. The molecule has 0 aliphatic carbocycles. The van der Waals surface area contributed by atoms with Crippen molar-refractivity contribution in [1.29, 1.82) is 0 Å². The molecule has 0 spiro atoms. The molecule has 2 rings (SSSR count). The summed E-state index contributed by atoms with van der Waals surface area (Å²) in [4.78, 5) is 4.27. The Morgan fingerprint density at radius 3 is 3.00 bits per heavy atom. The van der Waals surface area contributed by atoms with Crippen LogP contribution in [0, 0.1) is 0 Å². The number of hydrogen-bond donors (Lipinski definition) is 1. The smallest absolute Gasteiger partial charge is 0.208 e. The van der Waals surface area contributed by atoms with Gasteiger partial charge in [-0.05, 0) is 26.2 Å². The summed E-state index contributed by atoms with van der Waals surface area (Å²) in [6.45, 7) is 8.01. The third-order valence-corrected chi connectivity index (χ3v) is 3.83. The van der Waals surface area contributed by atoms with Gasteiger partial charge in [-0.25, -0.2) is 4.98 Å². The molecule has 0 radical (unpaired) electrons. The molecule has 1 aromatic rings. The molecule has 2 atom stereocenters. The van der Waals surface area contributed by atoms with Crippen LogP contribution in [0.5, 0.6) is 0 Å². The summed E-state index contributed by atoms with van der Waals surface area (Å²) in [7, 11) is 0. The molecule has 18 heavy (non-hydrogen) atoms. The fraction of sp³-hybridized carbons (Fsp3) is 0.786. The summed E-state index contributed by atoms with van der Waals surface area (Å²) >= 11 is 0. The molecule has 1 aromatic heterocycles. The predicted octanol–water partition coefficient (Wildman–Crippen LogP) is 2.67. The van der Waals surface area contributed by atoms with Crippen molar-refractivity contribution in [3.8, 4) is 0 Å². The van der Waals surface area contributed by atoms with Crippen LogP contribution in [-0.4, -0.2) is 23.2 Å². The van der Waals surface area contributed by atoms with E-state index in [0.717, 1.165) is 43.9 Å². The lowest BCUT2D eigenvalue weighted by Crippen LogP contribution is -2.44. The minimum Gasteiger partial charge on any atom is -0.444 e. The summed E-state index contributed by atoms with van der Waals surface area (Å²) in [6, 6.07) is 0.501. The summed E-state index contributed by atoms with van der Waals surface area (Å²) in [5.41, 5.74) is 0.0289. The lowest BCUT2D eigenvalue weighted by Gasteiger charge is -2.38. The van der Waals surface area contributed by atoms with Gasteiger partial charge in [0.05, 0.1) is 18.3 Å². The third-order valence-electron chi connectivity index (χ3n) is 3.83. The first-order valence-electron chi connectivity index (χ1n) is 6.96. The van der Waals surface area contributed by atoms with Gasteiger partial charge in [0.1, 0.15) is 5.76 Å². The Balaban J connectivity index is 1.82. The highest BCUT2D eigenvalue weighted by Gasteiger charge is 2.31. The van der Waals surface area contributed by atoms with E-state index < -0.39 is 0 Å². The molecule has 4 heteroatoms. The molecule has 1 N–H and O–H groups in total. The van der Waals surface area contributed by atoms with Crippen LogP contribution in [0.4, 0.5) is 0 Å². The highest BCUT2D eigenvalue weighted by Crippen LogP contribution is 2.27. The molecule has 0 amide bonds. The molecule has 1 aliphatic rings. The van der Waals surface area contributed by atoms with Gasteiger partial charge in [-0.15, -0.1) is 0 Å². The average molecular weight is 252 g/mol. The van der Waals surface area contributed by atoms with E-state index in [0.29, 0.717) is 12.6 Å². The minimum absolute atomic E-state index is 0.0289. The van der Waals surface area contributed by atoms with Gasteiger partial charge in [0.25, 0.3) is 0 Å². The van der Waals surface area contributed by atoms with E-state index in [1.165, 1.54) is 0 Å². The number of ether oxygens (including phenoxy) is 1. The van der Waals surface area contributed by atoms with Gasteiger partial charge >= 0.3 is 0 Å². The van der Waals surface area contributed by atoms with Crippen LogP contribution < -0.4 is 5.32 Å². The average Bonchev–Trinajstić information content (AvgIpc) is 2.85. The van der Waals surface area contributed by atoms with E-state index in [4.69, 9.17) is 9.15 Å². The quantitative estimate of drug-likeness (QED) is 0.875. The Bertz CT molecular complexity index is 378. The maximum absolute atomic E-state index is 5.84. The number of oxazole rings is 1. The fourth-order valence-corrected chi connectivity index (χ4v) is 2.38. The monoisotopic (exact) mass is 252 g/mol. The number of nitrogens with one attached hydrogen (secondary N) is 1. The van der Waals surface area contributed by atoms with Crippen molar-refractivity contribution in [2.45, 2.75) is 64.6 Å². The van der Waals surface area contributed by atoms with Gasteiger partial charge < -0.3 is 14.5 Å². The van der Waals surface area contributed by atoms with Crippen molar-refractivity contribution in [2.24, 2.45) is 0 Å². The standard InChI is InChI=1S/C14H24N2O2/c1-4-12-9-16-13(18-12)10-15-11-6-7-17-14(3,5-2)8-11/h9,11,15H,4-8,10H2,1-3H3. The Kier molecular flexibility index (Phi) is 4.40. The zero-order chi connectivity index (χ0) is 13.0. The highest BCUT2D eigenvalue weighted by molar-refractivity contribution is 4.94. The molecule has 1 saturated heterocycles. The molecule has 4 nitrogen and oxygen atoms in total. The molecule has 2 heterocycles. The SMILES string of the molecule is CCc1cnc(CNC2CCOC(C)(CC)C2)o1. The van der Waals surface area contributed by atoms with Gasteiger partial charge in [-0.3, -0.25) is 0 Å². The molecule has 0 bridgehead atoms. The van der Waals surface area contributed by atoms with Crippen LogP contribution in [0.1, 0.15) is 51.7 Å². The normalized spacial score (nSPS) is 28.5. The summed E-state index contributed by atoms with van der Waals surface area (Å²) in [5, 5.41) is 3.53. The van der Waals surface area contributed by atoms with Gasteiger partial charge in [0.2, 0.25) is 5.89 Å². The number of aryl methyl sites for hydroxylation is 1.